The van der Waals surface area contributed by atoms with Gasteiger partial charge >= 0.3 is 0 Å². The highest BCUT2D eigenvalue weighted by Crippen LogP contribution is 2.32. The molecule has 1 fully saturated rings. The Kier molecular flexibility index (Phi) is 6.50. The van der Waals surface area contributed by atoms with Gasteiger partial charge in [-0.2, -0.15) is 0 Å². The van der Waals surface area contributed by atoms with Crippen molar-refractivity contribution in [3.63, 3.8) is 0 Å². The summed E-state index contributed by atoms with van der Waals surface area (Å²) >= 11 is 0. The van der Waals surface area contributed by atoms with Gasteiger partial charge in [-0.05, 0) is 68.4 Å². The van der Waals surface area contributed by atoms with Crippen LogP contribution < -0.4 is 10.6 Å². The van der Waals surface area contributed by atoms with Gasteiger partial charge in [-0.1, -0.05) is 49.1 Å². The average molecular weight is 379 g/mol. The van der Waals surface area contributed by atoms with Gasteiger partial charge in [-0.3, -0.25) is 9.59 Å². The Morgan fingerprint density at radius 2 is 1.54 bits per heavy atom. The standard InChI is InChI=1S/C24H30N2O2/c1-16-13-17(2)23(18(3)14-16)26-22(27)15-25-24(28)21-11-9-20(10-12-21)19-7-5-4-6-8-19/h9-14,19H,4-8,15H2,1-3H3,(H,25,28)(H,26,27). The van der Waals surface area contributed by atoms with E-state index >= 15 is 0 Å². The van der Waals surface area contributed by atoms with Crippen molar-refractivity contribution in [2.75, 3.05) is 11.9 Å². The zero-order chi connectivity index (χ0) is 20.1. The summed E-state index contributed by atoms with van der Waals surface area (Å²) in [6, 6.07) is 11.9. The zero-order valence-electron chi connectivity index (χ0n) is 17.1. The summed E-state index contributed by atoms with van der Waals surface area (Å²) in [6.45, 7) is 5.94. The normalized spacial score (nSPS) is 14.5. The molecule has 0 atom stereocenters. The topological polar surface area (TPSA) is 58.2 Å². The van der Waals surface area contributed by atoms with E-state index in [0.717, 1.165) is 22.4 Å². The van der Waals surface area contributed by atoms with Gasteiger partial charge in [-0.15, -0.1) is 0 Å². The molecule has 1 aliphatic carbocycles. The molecule has 148 valence electrons. The van der Waals surface area contributed by atoms with Crippen LogP contribution in [0.25, 0.3) is 0 Å². The summed E-state index contributed by atoms with van der Waals surface area (Å²) in [5.41, 5.74) is 5.94. The van der Waals surface area contributed by atoms with Crippen LogP contribution in [-0.4, -0.2) is 18.4 Å². The Labute approximate surface area is 167 Å². The largest absolute Gasteiger partial charge is 0.343 e. The first-order chi connectivity index (χ1) is 13.4. The third-order valence-electron chi connectivity index (χ3n) is 5.60. The average Bonchev–Trinajstić information content (AvgIpc) is 2.69. The molecule has 0 aromatic heterocycles. The Bertz CT molecular complexity index is 826. The lowest BCUT2D eigenvalue weighted by atomic mass is 9.84. The van der Waals surface area contributed by atoms with Crippen LogP contribution in [0.3, 0.4) is 0 Å². The van der Waals surface area contributed by atoms with Crippen molar-refractivity contribution in [2.24, 2.45) is 0 Å². The van der Waals surface area contributed by atoms with E-state index in [2.05, 4.69) is 22.8 Å². The minimum atomic E-state index is -0.220. The van der Waals surface area contributed by atoms with E-state index in [1.807, 2.05) is 45.0 Å². The molecule has 0 bridgehead atoms. The first-order valence-corrected chi connectivity index (χ1v) is 10.2. The van der Waals surface area contributed by atoms with Gasteiger partial charge in [0.05, 0.1) is 6.54 Å². The SMILES string of the molecule is Cc1cc(C)c(NC(=O)CNC(=O)c2ccc(C3CCCCC3)cc2)c(C)c1. The van der Waals surface area contributed by atoms with E-state index in [0.29, 0.717) is 11.5 Å². The number of nitrogens with one attached hydrogen (secondary N) is 2. The van der Waals surface area contributed by atoms with Crippen molar-refractivity contribution in [2.45, 2.75) is 58.8 Å². The van der Waals surface area contributed by atoms with Crippen LogP contribution >= 0.6 is 0 Å². The molecule has 4 nitrogen and oxygen atoms in total. The van der Waals surface area contributed by atoms with Crippen molar-refractivity contribution in [1.29, 1.82) is 0 Å². The van der Waals surface area contributed by atoms with Crippen molar-refractivity contribution in [3.8, 4) is 0 Å². The number of carbonyl (C=O) groups is 2. The van der Waals surface area contributed by atoms with Crippen LogP contribution in [0.1, 0.15) is 70.6 Å². The maximum atomic E-state index is 12.4. The Morgan fingerprint density at radius 1 is 0.929 bits per heavy atom. The summed E-state index contributed by atoms with van der Waals surface area (Å²) < 4.78 is 0. The second-order valence-corrected chi connectivity index (χ2v) is 7.96. The summed E-state index contributed by atoms with van der Waals surface area (Å²) in [6.07, 6.45) is 6.40. The van der Waals surface area contributed by atoms with Crippen molar-refractivity contribution < 1.29 is 9.59 Å². The Hall–Kier alpha value is -2.62. The van der Waals surface area contributed by atoms with Gasteiger partial charge in [0.15, 0.2) is 0 Å². The highest BCUT2D eigenvalue weighted by atomic mass is 16.2. The number of benzene rings is 2. The van der Waals surface area contributed by atoms with Gasteiger partial charge in [-0.25, -0.2) is 0 Å². The monoisotopic (exact) mass is 378 g/mol. The summed E-state index contributed by atoms with van der Waals surface area (Å²) in [4.78, 5) is 24.6. The summed E-state index contributed by atoms with van der Waals surface area (Å²) in [5, 5.41) is 5.63. The third-order valence-corrected chi connectivity index (χ3v) is 5.60. The number of aryl methyl sites for hydroxylation is 3. The van der Waals surface area contributed by atoms with Crippen LogP contribution in [0, 0.1) is 20.8 Å². The second-order valence-electron chi connectivity index (χ2n) is 7.96. The van der Waals surface area contributed by atoms with Crippen LogP contribution in [0.5, 0.6) is 0 Å². The number of carbonyl (C=O) groups excluding carboxylic acids is 2. The summed E-state index contributed by atoms with van der Waals surface area (Å²) in [7, 11) is 0. The van der Waals surface area contributed by atoms with E-state index in [9.17, 15) is 9.59 Å². The van der Waals surface area contributed by atoms with Crippen LogP contribution in [0.4, 0.5) is 5.69 Å². The van der Waals surface area contributed by atoms with Crippen LogP contribution in [-0.2, 0) is 4.79 Å². The number of rotatable bonds is 5. The minimum Gasteiger partial charge on any atom is -0.343 e. The number of hydrogen-bond acceptors (Lipinski definition) is 2. The first-order valence-electron chi connectivity index (χ1n) is 10.2. The molecule has 2 N–H and O–H groups in total. The molecule has 0 heterocycles. The van der Waals surface area contributed by atoms with Crippen molar-refractivity contribution in [3.05, 3.63) is 64.2 Å². The van der Waals surface area contributed by atoms with E-state index < -0.39 is 0 Å². The Balaban J connectivity index is 1.54. The van der Waals surface area contributed by atoms with Gasteiger partial charge in [0.2, 0.25) is 5.91 Å². The lowest BCUT2D eigenvalue weighted by molar-refractivity contribution is -0.115. The maximum Gasteiger partial charge on any atom is 0.251 e. The van der Waals surface area contributed by atoms with E-state index in [1.165, 1.54) is 37.7 Å². The number of anilines is 1. The van der Waals surface area contributed by atoms with Gasteiger partial charge < -0.3 is 10.6 Å². The Morgan fingerprint density at radius 3 is 2.14 bits per heavy atom. The molecular formula is C24H30N2O2. The first kappa shape index (κ1) is 20.1. The van der Waals surface area contributed by atoms with Crippen molar-refractivity contribution >= 4 is 17.5 Å². The molecular weight excluding hydrogens is 348 g/mol. The maximum absolute atomic E-state index is 12.4. The van der Waals surface area contributed by atoms with E-state index in [1.54, 1.807) is 0 Å². The smallest absolute Gasteiger partial charge is 0.251 e. The molecule has 0 spiro atoms. The van der Waals surface area contributed by atoms with Crippen LogP contribution in [0.15, 0.2) is 36.4 Å². The van der Waals surface area contributed by atoms with E-state index in [-0.39, 0.29) is 18.4 Å². The molecule has 4 heteroatoms. The predicted octanol–water partition coefficient (Wildman–Crippen LogP) is 5.03. The number of amides is 2. The molecule has 0 radical (unpaired) electrons. The van der Waals surface area contributed by atoms with Gasteiger partial charge in [0.1, 0.15) is 0 Å². The fourth-order valence-electron chi connectivity index (χ4n) is 4.17. The third kappa shape index (κ3) is 5.00. The lowest BCUT2D eigenvalue weighted by Gasteiger charge is -2.22. The minimum absolute atomic E-state index is 0.0457. The fraction of sp³-hybridized carbons (Fsp3) is 0.417. The molecule has 0 aliphatic heterocycles. The molecule has 2 aromatic carbocycles. The highest BCUT2D eigenvalue weighted by Gasteiger charge is 2.16. The summed E-state index contributed by atoms with van der Waals surface area (Å²) in [5.74, 6) is 0.183. The van der Waals surface area contributed by atoms with Crippen molar-refractivity contribution in [1.82, 2.24) is 5.32 Å². The van der Waals surface area contributed by atoms with E-state index in [4.69, 9.17) is 0 Å². The predicted molar refractivity (Wildman–Crippen MR) is 114 cm³/mol. The number of hydrogen-bond donors (Lipinski definition) is 2. The van der Waals surface area contributed by atoms with Gasteiger partial charge in [0, 0.05) is 11.3 Å². The molecule has 3 rings (SSSR count). The lowest BCUT2D eigenvalue weighted by Crippen LogP contribution is -2.33. The molecule has 0 saturated heterocycles. The highest BCUT2D eigenvalue weighted by molar-refractivity contribution is 5.99. The zero-order valence-corrected chi connectivity index (χ0v) is 17.1. The quantitative estimate of drug-likeness (QED) is 0.767. The molecule has 2 aromatic rings. The molecule has 1 aliphatic rings. The molecule has 1 saturated carbocycles. The molecule has 28 heavy (non-hydrogen) atoms. The molecule has 2 amide bonds. The molecule has 0 unspecified atom stereocenters. The van der Waals surface area contributed by atoms with Gasteiger partial charge in [0.25, 0.3) is 5.91 Å². The fourth-order valence-corrected chi connectivity index (χ4v) is 4.17. The van der Waals surface area contributed by atoms with Crippen LogP contribution in [0.2, 0.25) is 0 Å². The second kappa shape index (κ2) is 9.05.